The van der Waals surface area contributed by atoms with Gasteiger partial charge in [0.1, 0.15) is 11.8 Å². The molecule has 0 unspecified atom stereocenters. The molecule has 0 bridgehead atoms. The van der Waals surface area contributed by atoms with Crippen molar-refractivity contribution >= 4 is 0 Å². The maximum Gasteiger partial charge on any atom is 0.139 e. The normalized spacial score (nSPS) is 11.4. The molecule has 0 spiro atoms. The van der Waals surface area contributed by atoms with Crippen LogP contribution in [0.15, 0.2) is 0 Å². The summed E-state index contributed by atoms with van der Waals surface area (Å²) in [6.07, 6.45) is 0. The molecule has 0 aliphatic heterocycles. The maximum absolute atomic E-state index is 8.91. The number of nitriles is 4. The van der Waals surface area contributed by atoms with E-state index in [0.29, 0.717) is 0 Å². The molecule has 0 aliphatic carbocycles. The molecule has 16 heavy (non-hydrogen) atoms. The van der Waals surface area contributed by atoms with Crippen LogP contribution in [0, 0.1) is 68.0 Å². The first-order valence-corrected chi connectivity index (χ1v) is 4.88. The van der Waals surface area contributed by atoms with Crippen molar-refractivity contribution in [2.75, 3.05) is 0 Å². The molecule has 0 fully saturated rings. The fraction of sp³-hybridized carbons (Fsp3) is 0.667. The molecule has 0 aromatic carbocycles. The number of nitrogens with zero attached hydrogens (tertiary/aromatic N) is 4. The van der Waals surface area contributed by atoms with Gasteiger partial charge in [-0.3, -0.25) is 0 Å². The third kappa shape index (κ3) is 1.98. The Morgan fingerprint density at radius 1 is 0.625 bits per heavy atom. The van der Waals surface area contributed by atoms with E-state index < -0.39 is 22.7 Å². The first-order valence-electron chi connectivity index (χ1n) is 4.88. The number of hydrogen-bond donors (Lipinski definition) is 0. The van der Waals surface area contributed by atoms with E-state index in [1.807, 2.05) is 24.3 Å². The quantitative estimate of drug-likeness (QED) is 0.720. The molecule has 0 aliphatic rings. The summed E-state index contributed by atoms with van der Waals surface area (Å²) in [5.41, 5.74) is -1.46. The molecular weight excluding hydrogens is 200 g/mol. The Balaban J connectivity index is 5.51. The summed E-state index contributed by atoms with van der Waals surface area (Å²) in [6, 6.07) is 7.68. The number of hydrogen-bond acceptors (Lipinski definition) is 4. The SMILES string of the molecule is CC(C)(C(C#N)C#N)C(C)(C)C(C#N)C#N. The second kappa shape index (κ2) is 4.65. The summed E-state index contributed by atoms with van der Waals surface area (Å²) in [6.45, 7) is 6.97. The first-order chi connectivity index (χ1) is 7.29. The average Bonchev–Trinajstić information content (AvgIpc) is 2.20. The molecule has 0 saturated carbocycles. The van der Waals surface area contributed by atoms with Gasteiger partial charge in [-0.15, -0.1) is 0 Å². The van der Waals surface area contributed by atoms with Gasteiger partial charge in [0.25, 0.3) is 0 Å². The van der Waals surface area contributed by atoms with Crippen LogP contribution in [0.3, 0.4) is 0 Å². The molecule has 0 saturated heterocycles. The average molecular weight is 214 g/mol. The zero-order chi connectivity index (χ0) is 13.0. The Morgan fingerprint density at radius 2 is 0.812 bits per heavy atom. The van der Waals surface area contributed by atoms with Crippen LogP contribution >= 0.6 is 0 Å². The molecule has 4 nitrogen and oxygen atoms in total. The van der Waals surface area contributed by atoms with E-state index in [-0.39, 0.29) is 0 Å². The smallest absolute Gasteiger partial charge is 0.139 e. The molecule has 0 N–H and O–H groups in total. The van der Waals surface area contributed by atoms with Gasteiger partial charge in [-0.25, -0.2) is 0 Å². The summed E-state index contributed by atoms with van der Waals surface area (Å²) in [5.74, 6) is -1.68. The Bertz CT molecular complexity index is 350. The molecule has 0 atom stereocenters. The van der Waals surface area contributed by atoms with E-state index in [4.69, 9.17) is 21.0 Å². The van der Waals surface area contributed by atoms with Crippen LogP contribution in [0.25, 0.3) is 0 Å². The third-order valence-electron chi connectivity index (χ3n) is 3.62. The minimum Gasteiger partial charge on any atom is -0.197 e. The molecule has 0 rings (SSSR count). The summed E-state index contributed by atoms with van der Waals surface area (Å²) in [5, 5.41) is 35.7. The molecule has 4 heteroatoms. The van der Waals surface area contributed by atoms with Gasteiger partial charge < -0.3 is 0 Å². The highest BCUT2D eigenvalue weighted by molar-refractivity contribution is 5.17. The van der Waals surface area contributed by atoms with Crippen molar-refractivity contribution in [3.05, 3.63) is 0 Å². The minimum atomic E-state index is -0.841. The van der Waals surface area contributed by atoms with Gasteiger partial charge in [0, 0.05) is 10.8 Å². The third-order valence-corrected chi connectivity index (χ3v) is 3.62. The maximum atomic E-state index is 8.91. The fourth-order valence-electron chi connectivity index (χ4n) is 1.45. The topological polar surface area (TPSA) is 95.2 Å². The van der Waals surface area contributed by atoms with Crippen LogP contribution in [-0.2, 0) is 0 Å². The standard InChI is InChI=1S/C12H14N4/c1-11(2,9(5-13)6-14)12(3,4)10(7-15)8-16/h9-10H,1-4H3. The van der Waals surface area contributed by atoms with Crippen molar-refractivity contribution in [2.45, 2.75) is 27.7 Å². The van der Waals surface area contributed by atoms with E-state index >= 15 is 0 Å². The molecule has 0 heterocycles. The first kappa shape index (κ1) is 14.0. The lowest BCUT2D eigenvalue weighted by Gasteiger charge is -2.42. The lowest BCUT2D eigenvalue weighted by Crippen LogP contribution is -2.42. The van der Waals surface area contributed by atoms with Crippen molar-refractivity contribution in [3.63, 3.8) is 0 Å². The van der Waals surface area contributed by atoms with Crippen molar-refractivity contribution in [3.8, 4) is 24.3 Å². The molecule has 0 radical (unpaired) electrons. The molecule has 0 aromatic heterocycles. The van der Waals surface area contributed by atoms with Crippen LogP contribution in [0.2, 0.25) is 0 Å². The van der Waals surface area contributed by atoms with Gasteiger partial charge in [-0.1, -0.05) is 27.7 Å². The summed E-state index contributed by atoms with van der Waals surface area (Å²) < 4.78 is 0. The highest BCUT2D eigenvalue weighted by atomic mass is 14.5. The predicted octanol–water partition coefficient (Wildman–Crippen LogP) is 2.37. The minimum absolute atomic E-state index is 0.730. The Labute approximate surface area is 96.3 Å². The lowest BCUT2D eigenvalue weighted by atomic mass is 9.57. The van der Waals surface area contributed by atoms with E-state index in [1.165, 1.54) is 0 Å². The zero-order valence-corrected chi connectivity index (χ0v) is 9.94. The van der Waals surface area contributed by atoms with Gasteiger partial charge in [-0.05, 0) is 0 Å². The second-order valence-corrected chi connectivity index (χ2v) is 4.83. The van der Waals surface area contributed by atoms with Gasteiger partial charge in [-0.2, -0.15) is 21.0 Å². The summed E-state index contributed by atoms with van der Waals surface area (Å²) in [4.78, 5) is 0. The predicted molar refractivity (Wildman–Crippen MR) is 57.0 cm³/mol. The molecule has 82 valence electrons. The van der Waals surface area contributed by atoms with Crippen LogP contribution in [0.4, 0.5) is 0 Å². The summed E-state index contributed by atoms with van der Waals surface area (Å²) in [7, 11) is 0. The van der Waals surface area contributed by atoms with Gasteiger partial charge >= 0.3 is 0 Å². The molecular formula is C12H14N4. The number of rotatable bonds is 3. The van der Waals surface area contributed by atoms with E-state index in [9.17, 15) is 0 Å². The monoisotopic (exact) mass is 214 g/mol. The Kier molecular flexibility index (Phi) is 4.06. The van der Waals surface area contributed by atoms with Crippen LogP contribution < -0.4 is 0 Å². The van der Waals surface area contributed by atoms with E-state index in [2.05, 4.69) is 0 Å². The van der Waals surface area contributed by atoms with E-state index in [0.717, 1.165) is 0 Å². The lowest BCUT2D eigenvalue weighted by molar-refractivity contribution is 0.0646. The zero-order valence-electron chi connectivity index (χ0n) is 9.94. The molecule has 0 aromatic rings. The van der Waals surface area contributed by atoms with Crippen molar-refractivity contribution in [2.24, 2.45) is 22.7 Å². The molecule has 0 amide bonds. The van der Waals surface area contributed by atoms with Crippen molar-refractivity contribution < 1.29 is 0 Å². The van der Waals surface area contributed by atoms with Crippen LogP contribution in [0.5, 0.6) is 0 Å². The second-order valence-electron chi connectivity index (χ2n) is 4.83. The Hall–Kier alpha value is -2.04. The van der Waals surface area contributed by atoms with Gasteiger partial charge in [0.05, 0.1) is 24.3 Å². The highest BCUT2D eigenvalue weighted by Crippen LogP contribution is 2.48. The van der Waals surface area contributed by atoms with Gasteiger partial charge in [0.2, 0.25) is 0 Å². The fourth-order valence-corrected chi connectivity index (χ4v) is 1.45. The largest absolute Gasteiger partial charge is 0.197 e. The van der Waals surface area contributed by atoms with Crippen LogP contribution in [-0.4, -0.2) is 0 Å². The summed E-state index contributed by atoms with van der Waals surface area (Å²) >= 11 is 0. The highest BCUT2D eigenvalue weighted by Gasteiger charge is 2.48. The Morgan fingerprint density at radius 3 is 0.938 bits per heavy atom. The van der Waals surface area contributed by atoms with Gasteiger partial charge in [0.15, 0.2) is 0 Å². The van der Waals surface area contributed by atoms with Crippen LogP contribution in [0.1, 0.15) is 27.7 Å². The van der Waals surface area contributed by atoms with Crippen molar-refractivity contribution in [1.29, 1.82) is 21.0 Å². The van der Waals surface area contributed by atoms with Crippen molar-refractivity contribution in [1.82, 2.24) is 0 Å². The van der Waals surface area contributed by atoms with E-state index in [1.54, 1.807) is 27.7 Å².